The molecule has 0 amide bonds. The summed E-state index contributed by atoms with van der Waals surface area (Å²) in [5.74, 6) is 1.82. The first kappa shape index (κ1) is 10.0. The van der Waals surface area contributed by atoms with E-state index in [9.17, 15) is 0 Å². The fraction of sp³-hybridized carbons (Fsp3) is 0.400. The quantitative estimate of drug-likeness (QED) is 0.692. The van der Waals surface area contributed by atoms with Crippen LogP contribution < -0.4 is 33.5 Å². The minimum absolute atomic E-state index is 0.491. The van der Waals surface area contributed by atoms with Crippen molar-refractivity contribution in [3.63, 3.8) is 0 Å². The second-order valence-electron chi connectivity index (χ2n) is 3.39. The van der Waals surface area contributed by atoms with Gasteiger partial charge < -0.3 is 0 Å². The molecule has 0 saturated heterocycles. The Balaban J connectivity index is 2.12. The number of likely N-dealkylation sites (N-methyl/N-ethyl adjacent to an activating group) is 1. The number of benzene rings is 1. The van der Waals surface area contributed by atoms with Crippen molar-refractivity contribution in [2.24, 2.45) is 0 Å². The Hall–Kier alpha value is -0.490. The van der Waals surface area contributed by atoms with Crippen molar-refractivity contribution in [1.29, 1.82) is 0 Å². The molecule has 0 spiro atoms. The van der Waals surface area contributed by atoms with E-state index in [1.165, 1.54) is 5.56 Å². The number of halogens is 1. The molecule has 0 fully saturated rings. The number of nitrogens with one attached hydrogen (secondary N) is 1. The Morgan fingerprint density at radius 1 is 1.36 bits per heavy atom. The molecule has 14 heavy (non-hydrogen) atoms. The average molecular weight is 306 g/mol. The van der Waals surface area contributed by atoms with E-state index in [0.717, 1.165) is 17.9 Å². The van der Waals surface area contributed by atoms with Crippen molar-refractivity contribution in [1.82, 2.24) is 5.32 Å². The molecule has 1 aliphatic rings. The van der Waals surface area contributed by atoms with E-state index in [1.54, 1.807) is 0 Å². The zero-order valence-electron chi connectivity index (χ0n) is 8.21. The third kappa shape index (κ3) is 2.12. The molecule has 1 atom stereocenters. The van der Waals surface area contributed by atoms with E-state index < -0.39 is 22.0 Å². The van der Waals surface area contributed by atoms with Gasteiger partial charge in [-0.1, -0.05) is 0 Å². The minimum atomic E-state index is -0.541. The molecule has 0 aliphatic carbocycles. The van der Waals surface area contributed by atoms with Gasteiger partial charge in [0.1, 0.15) is 0 Å². The predicted octanol–water partition coefficient (Wildman–Crippen LogP) is -1.47. The summed E-state index contributed by atoms with van der Waals surface area (Å²) in [7, 11) is 1.98. The van der Waals surface area contributed by atoms with E-state index in [2.05, 4.69) is 24.4 Å². The van der Waals surface area contributed by atoms with Crippen LogP contribution in [0.2, 0.25) is 0 Å². The molecule has 4 heteroatoms. The van der Waals surface area contributed by atoms with Crippen LogP contribution in [0.4, 0.5) is 0 Å². The monoisotopic (exact) mass is 306 g/mol. The van der Waals surface area contributed by atoms with Crippen molar-refractivity contribution in [3.8, 4) is 11.5 Å². The van der Waals surface area contributed by atoms with Gasteiger partial charge in [0.15, 0.2) is 0 Å². The molecule has 0 saturated carbocycles. The number of rotatable bonds is 3. The first-order valence-electron chi connectivity index (χ1n) is 4.58. The summed E-state index contributed by atoms with van der Waals surface area (Å²) in [5, 5.41) is 3.22. The molecule has 1 aliphatic heterocycles. The molecule has 0 bridgehead atoms. The molecule has 1 unspecified atom stereocenters. The zero-order chi connectivity index (χ0) is 9.97. The van der Waals surface area contributed by atoms with Crippen LogP contribution in [-0.4, -0.2) is 13.1 Å². The van der Waals surface area contributed by atoms with Gasteiger partial charge in [-0.15, -0.1) is 0 Å². The van der Waals surface area contributed by atoms with Gasteiger partial charge in [0, 0.05) is 0 Å². The van der Waals surface area contributed by atoms with Gasteiger partial charge in [-0.05, 0) is 0 Å². The van der Waals surface area contributed by atoms with Gasteiger partial charge in [0.25, 0.3) is 0 Å². The van der Waals surface area contributed by atoms with Crippen molar-refractivity contribution in [2.75, 3.05) is 7.05 Å². The molecule has 78 valence electrons. The van der Waals surface area contributed by atoms with Crippen LogP contribution in [0.1, 0.15) is 12.5 Å². The van der Waals surface area contributed by atoms with Crippen molar-refractivity contribution >= 4 is 0 Å². The van der Waals surface area contributed by atoms with Crippen LogP contribution in [-0.2, 0) is 6.42 Å². The fourth-order valence-corrected chi connectivity index (χ4v) is 2.53. The van der Waals surface area contributed by atoms with Crippen LogP contribution in [0.5, 0.6) is 11.5 Å². The SMILES string of the molecule is CNC(C)Cc1ccc2c(c1)O[I-]O2. The summed E-state index contributed by atoms with van der Waals surface area (Å²) in [6, 6.07) is 6.67. The molecule has 3 nitrogen and oxygen atoms in total. The first-order valence-corrected chi connectivity index (χ1v) is 6.34. The summed E-state index contributed by atoms with van der Waals surface area (Å²) in [4.78, 5) is 0. The van der Waals surface area contributed by atoms with Crippen molar-refractivity contribution in [3.05, 3.63) is 23.8 Å². The van der Waals surface area contributed by atoms with Crippen molar-refractivity contribution < 1.29 is 28.2 Å². The molecule has 1 aromatic carbocycles. The Bertz CT molecular complexity index is 330. The van der Waals surface area contributed by atoms with Crippen LogP contribution in [0.3, 0.4) is 0 Å². The van der Waals surface area contributed by atoms with Gasteiger partial charge >= 0.3 is 95.2 Å². The number of fused-ring (bicyclic) bond motifs is 1. The van der Waals surface area contributed by atoms with Gasteiger partial charge in [-0.2, -0.15) is 0 Å². The van der Waals surface area contributed by atoms with Gasteiger partial charge in [0.05, 0.1) is 0 Å². The molecular weight excluding hydrogens is 293 g/mol. The average Bonchev–Trinajstić information content (AvgIpc) is 2.64. The Morgan fingerprint density at radius 3 is 2.93 bits per heavy atom. The van der Waals surface area contributed by atoms with Gasteiger partial charge in [-0.3, -0.25) is 0 Å². The summed E-state index contributed by atoms with van der Waals surface area (Å²) >= 11 is -0.541. The standard InChI is InChI=1S/C10H13INO2/c1-7(12-2)5-8-3-4-9-10(6-8)14-11-13-9/h3-4,6-7,12H,5H2,1-2H3/q-1. The second-order valence-corrected chi connectivity index (χ2v) is 4.63. The number of hydrogen-bond acceptors (Lipinski definition) is 3. The molecule has 1 N–H and O–H groups in total. The van der Waals surface area contributed by atoms with E-state index >= 15 is 0 Å². The maximum absolute atomic E-state index is 5.42. The third-order valence-electron chi connectivity index (χ3n) is 2.27. The van der Waals surface area contributed by atoms with E-state index in [1.807, 2.05) is 13.1 Å². The van der Waals surface area contributed by atoms with E-state index in [-0.39, 0.29) is 0 Å². The molecule has 2 rings (SSSR count). The van der Waals surface area contributed by atoms with Crippen LogP contribution in [0.15, 0.2) is 18.2 Å². The van der Waals surface area contributed by atoms with Crippen molar-refractivity contribution in [2.45, 2.75) is 19.4 Å². The second kappa shape index (κ2) is 4.35. The summed E-state index contributed by atoms with van der Waals surface area (Å²) < 4.78 is 10.8. The van der Waals surface area contributed by atoms with Gasteiger partial charge in [0.2, 0.25) is 0 Å². The topological polar surface area (TPSA) is 30.5 Å². The third-order valence-corrected chi connectivity index (χ3v) is 3.58. The molecule has 1 heterocycles. The van der Waals surface area contributed by atoms with E-state index in [0.29, 0.717) is 6.04 Å². The summed E-state index contributed by atoms with van der Waals surface area (Å²) in [6.45, 7) is 2.16. The Kier molecular flexibility index (Phi) is 3.12. The molecule has 0 aromatic heterocycles. The fourth-order valence-electron chi connectivity index (χ4n) is 1.34. The molecule has 0 radical (unpaired) electrons. The zero-order valence-corrected chi connectivity index (χ0v) is 10.4. The maximum atomic E-state index is 5.42. The first-order chi connectivity index (χ1) is 6.79. The predicted molar refractivity (Wildman–Crippen MR) is 49.9 cm³/mol. The Labute approximate surface area is 95.2 Å². The summed E-state index contributed by atoms with van der Waals surface area (Å²) in [5.41, 5.74) is 1.29. The Morgan fingerprint density at radius 2 is 2.14 bits per heavy atom. The van der Waals surface area contributed by atoms with Gasteiger partial charge in [-0.25, -0.2) is 0 Å². The van der Waals surface area contributed by atoms with Crippen LogP contribution in [0, 0.1) is 0 Å². The van der Waals surface area contributed by atoms with E-state index in [4.69, 9.17) is 6.13 Å². The summed E-state index contributed by atoms with van der Waals surface area (Å²) in [6.07, 6.45) is 1.02. The normalized spacial score (nSPS) is 16.1. The number of hydrogen-bond donors (Lipinski definition) is 1. The van der Waals surface area contributed by atoms with Crippen LogP contribution >= 0.6 is 0 Å². The molecule has 1 aromatic rings. The van der Waals surface area contributed by atoms with Crippen LogP contribution in [0.25, 0.3) is 0 Å². The molecular formula is C10H13INO2-.